The Balaban J connectivity index is 2.59. The zero-order chi connectivity index (χ0) is 9.84. The second-order valence-electron chi connectivity index (χ2n) is 2.90. The third kappa shape index (κ3) is 2.59. The smallest absolute Gasteiger partial charge is 0.168 e. The summed E-state index contributed by atoms with van der Waals surface area (Å²) in [4.78, 5) is 15.4. The number of hydrogen-bond donors (Lipinski definition) is 0. The molecule has 0 saturated carbocycles. The minimum atomic E-state index is 0.00565. The van der Waals surface area contributed by atoms with Gasteiger partial charge in [0.05, 0.1) is 5.25 Å². The minimum Gasteiger partial charge on any atom is -0.329 e. The fourth-order valence-electron chi connectivity index (χ4n) is 0.977. The van der Waals surface area contributed by atoms with E-state index in [2.05, 4.69) is 4.98 Å². The van der Waals surface area contributed by atoms with E-state index in [1.165, 1.54) is 11.8 Å². The number of carbonyl (C=O) groups excluding carboxylic acids is 1. The van der Waals surface area contributed by atoms with Gasteiger partial charge in [0.2, 0.25) is 0 Å². The van der Waals surface area contributed by atoms with E-state index < -0.39 is 0 Å². The average Bonchev–Trinajstić information content (AvgIpc) is 2.50. The van der Waals surface area contributed by atoms with Crippen LogP contribution in [0.5, 0.6) is 0 Å². The molecule has 1 atom stereocenters. The van der Waals surface area contributed by atoms with Gasteiger partial charge >= 0.3 is 0 Å². The van der Waals surface area contributed by atoms with Gasteiger partial charge in [0.15, 0.2) is 5.16 Å². The first-order valence-electron chi connectivity index (χ1n) is 4.31. The number of imidazole rings is 1. The van der Waals surface area contributed by atoms with Crippen LogP contribution < -0.4 is 0 Å². The van der Waals surface area contributed by atoms with Crippen molar-refractivity contribution < 1.29 is 4.79 Å². The van der Waals surface area contributed by atoms with Crippen molar-refractivity contribution in [2.24, 2.45) is 7.05 Å². The SMILES string of the molecule is CCC(=O)C(C)Sc1nccn1C. The topological polar surface area (TPSA) is 34.9 Å². The van der Waals surface area contributed by atoms with Gasteiger partial charge in [-0.05, 0) is 6.92 Å². The molecule has 0 aliphatic heterocycles. The maximum absolute atomic E-state index is 11.3. The molecule has 0 aromatic carbocycles. The van der Waals surface area contributed by atoms with Crippen molar-refractivity contribution in [2.75, 3.05) is 0 Å². The summed E-state index contributed by atoms with van der Waals surface area (Å²) in [6.45, 7) is 3.81. The summed E-state index contributed by atoms with van der Waals surface area (Å²) in [5, 5.41) is 0.903. The zero-order valence-corrected chi connectivity index (χ0v) is 8.97. The second-order valence-corrected chi connectivity index (χ2v) is 4.21. The Morgan fingerprint density at radius 2 is 2.46 bits per heavy atom. The van der Waals surface area contributed by atoms with Crippen molar-refractivity contribution in [2.45, 2.75) is 30.7 Å². The van der Waals surface area contributed by atoms with Crippen molar-refractivity contribution in [3.05, 3.63) is 12.4 Å². The van der Waals surface area contributed by atoms with Gasteiger partial charge in [0, 0.05) is 25.9 Å². The molecule has 13 heavy (non-hydrogen) atoms. The third-order valence-electron chi connectivity index (χ3n) is 1.86. The Kier molecular flexibility index (Phi) is 3.54. The lowest BCUT2D eigenvalue weighted by atomic mass is 10.2. The molecule has 0 amide bonds. The highest BCUT2D eigenvalue weighted by molar-refractivity contribution is 8.00. The molecule has 0 aliphatic carbocycles. The van der Waals surface area contributed by atoms with Crippen LogP contribution in [-0.4, -0.2) is 20.6 Å². The van der Waals surface area contributed by atoms with Crippen LogP contribution in [0.3, 0.4) is 0 Å². The number of nitrogens with zero attached hydrogens (tertiary/aromatic N) is 2. The number of Topliss-reactive ketones (excluding diaryl/α,β-unsaturated/α-hetero) is 1. The van der Waals surface area contributed by atoms with Crippen LogP contribution in [0.4, 0.5) is 0 Å². The highest BCUT2D eigenvalue weighted by Crippen LogP contribution is 2.21. The third-order valence-corrected chi connectivity index (χ3v) is 3.08. The van der Waals surface area contributed by atoms with E-state index in [-0.39, 0.29) is 11.0 Å². The summed E-state index contributed by atoms with van der Waals surface area (Å²) < 4.78 is 1.92. The summed E-state index contributed by atoms with van der Waals surface area (Å²) >= 11 is 1.51. The monoisotopic (exact) mass is 198 g/mol. The lowest BCUT2D eigenvalue weighted by Gasteiger charge is -2.07. The summed E-state index contributed by atoms with van der Waals surface area (Å²) in [6.07, 6.45) is 4.22. The van der Waals surface area contributed by atoms with Crippen molar-refractivity contribution in [3.63, 3.8) is 0 Å². The summed E-state index contributed by atoms with van der Waals surface area (Å²) in [5.74, 6) is 0.271. The molecule has 1 rings (SSSR count). The maximum atomic E-state index is 11.3. The number of aromatic nitrogens is 2. The number of thioether (sulfide) groups is 1. The van der Waals surface area contributed by atoms with Gasteiger partial charge in [-0.2, -0.15) is 0 Å². The predicted octanol–water partition coefficient (Wildman–Crippen LogP) is 1.88. The van der Waals surface area contributed by atoms with Gasteiger partial charge in [-0.15, -0.1) is 0 Å². The Hall–Kier alpha value is -0.770. The van der Waals surface area contributed by atoms with Crippen LogP contribution in [0.1, 0.15) is 20.3 Å². The van der Waals surface area contributed by atoms with Crippen LogP contribution in [0.2, 0.25) is 0 Å². The Morgan fingerprint density at radius 3 is 2.92 bits per heavy atom. The quantitative estimate of drug-likeness (QED) is 0.693. The normalized spacial score (nSPS) is 12.8. The highest BCUT2D eigenvalue weighted by atomic mass is 32.2. The van der Waals surface area contributed by atoms with E-state index >= 15 is 0 Å². The first-order chi connectivity index (χ1) is 6.15. The van der Waals surface area contributed by atoms with E-state index in [0.29, 0.717) is 6.42 Å². The molecule has 3 nitrogen and oxygen atoms in total. The molecule has 1 aromatic rings. The number of aryl methyl sites for hydroxylation is 1. The lowest BCUT2D eigenvalue weighted by Crippen LogP contribution is -2.12. The number of carbonyl (C=O) groups is 1. The number of hydrogen-bond acceptors (Lipinski definition) is 3. The van der Waals surface area contributed by atoms with Gasteiger partial charge in [0.25, 0.3) is 0 Å². The molecular weight excluding hydrogens is 184 g/mol. The molecule has 0 spiro atoms. The Labute approximate surface area is 82.5 Å². The molecule has 4 heteroatoms. The maximum Gasteiger partial charge on any atom is 0.168 e. The molecule has 0 saturated heterocycles. The molecule has 0 fully saturated rings. The fourth-order valence-corrected chi connectivity index (χ4v) is 1.94. The van der Waals surface area contributed by atoms with Gasteiger partial charge in [-0.25, -0.2) is 4.98 Å². The largest absolute Gasteiger partial charge is 0.329 e. The van der Waals surface area contributed by atoms with Crippen LogP contribution in [0.15, 0.2) is 17.6 Å². The highest BCUT2D eigenvalue weighted by Gasteiger charge is 2.14. The average molecular weight is 198 g/mol. The molecule has 0 aliphatic rings. The van der Waals surface area contributed by atoms with Gasteiger partial charge in [-0.1, -0.05) is 18.7 Å². The van der Waals surface area contributed by atoms with E-state index in [0.717, 1.165) is 5.16 Å². The lowest BCUT2D eigenvalue weighted by molar-refractivity contribution is -0.118. The van der Waals surface area contributed by atoms with E-state index in [1.54, 1.807) is 6.20 Å². The van der Waals surface area contributed by atoms with Crippen molar-refractivity contribution in [1.29, 1.82) is 0 Å². The first-order valence-corrected chi connectivity index (χ1v) is 5.19. The molecule has 1 heterocycles. The van der Waals surface area contributed by atoms with Crippen molar-refractivity contribution in [1.82, 2.24) is 9.55 Å². The molecular formula is C9H14N2OS. The molecule has 0 N–H and O–H groups in total. The van der Waals surface area contributed by atoms with E-state index in [9.17, 15) is 4.79 Å². The van der Waals surface area contributed by atoms with Gasteiger partial charge < -0.3 is 4.57 Å². The number of ketones is 1. The second kappa shape index (κ2) is 4.46. The zero-order valence-electron chi connectivity index (χ0n) is 8.15. The standard InChI is InChI=1S/C9H14N2OS/c1-4-8(12)7(2)13-9-10-5-6-11(9)3/h5-7H,4H2,1-3H3. The van der Waals surface area contributed by atoms with Crippen LogP contribution in [0, 0.1) is 0 Å². The van der Waals surface area contributed by atoms with Crippen LogP contribution in [-0.2, 0) is 11.8 Å². The Morgan fingerprint density at radius 1 is 1.77 bits per heavy atom. The van der Waals surface area contributed by atoms with Gasteiger partial charge in [-0.3, -0.25) is 4.79 Å². The van der Waals surface area contributed by atoms with Crippen molar-refractivity contribution in [3.8, 4) is 0 Å². The van der Waals surface area contributed by atoms with E-state index in [4.69, 9.17) is 0 Å². The summed E-state index contributed by atoms with van der Waals surface area (Å²) in [6, 6.07) is 0. The molecule has 1 aromatic heterocycles. The van der Waals surface area contributed by atoms with Gasteiger partial charge in [0.1, 0.15) is 5.78 Å². The van der Waals surface area contributed by atoms with Crippen molar-refractivity contribution >= 4 is 17.5 Å². The van der Waals surface area contributed by atoms with Crippen LogP contribution >= 0.6 is 11.8 Å². The summed E-state index contributed by atoms with van der Waals surface area (Å²) in [7, 11) is 1.93. The van der Waals surface area contributed by atoms with Crippen LogP contribution in [0.25, 0.3) is 0 Å². The molecule has 1 unspecified atom stereocenters. The number of rotatable bonds is 4. The summed E-state index contributed by atoms with van der Waals surface area (Å²) in [5.41, 5.74) is 0. The molecule has 0 bridgehead atoms. The predicted molar refractivity (Wildman–Crippen MR) is 53.8 cm³/mol. The minimum absolute atomic E-state index is 0.00565. The molecule has 72 valence electrons. The molecule has 0 radical (unpaired) electrons. The Bertz CT molecular complexity index is 296. The first kappa shape index (κ1) is 10.3. The van der Waals surface area contributed by atoms with E-state index in [1.807, 2.05) is 31.7 Å². The fraction of sp³-hybridized carbons (Fsp3) is 0.556.